The predicted molar refractivity (Wildman–Crippen MR) is 121 cm³/mol. The van der Waals surface area contributed by atoms with Gasteiger partial charge >= 0.3 is 6.03 Å². The van der Waals surface area contributed by atoms with Gasteiger partial charge in [0.1, 0.15) is 34.7 Å². The molecule has 10 nitrogen and oxygen atoms in total. The number of methoxy groups -OCH3 is 1. The molecule has 3 amide bonds. The molecule has 1 fully saturated rings. The lowest BCUT2D eigenvalue weighted by Crippen LogP contribution is -2.39. The molecule has 1 saturated carbocycles. The Kier molecular flexibility index (Phi) is 4.54. The van der Waals surface area contributed by atoms with E-state index in [9.17, 15) is 9.59 Å². The van der Waals surface area contributed by atoms with Crippen LogP contribution < -0.4 is 30.2 Å². The highest BCUT2D eigenvalue weighted by Gasteiger charge is 2.64. The Morgan fingerprint density at radius 1 is 1.18 bits per heavy atom. The molecule has 0 spiro atoms. The number of ether oxygens (including phenoxy) is 3. The number of fused-ring (bicyclic) bond motifs is 4. The van der Waals surface area contributed by atoms with Crippen molar-refractivity contribution in [3.05, 3.63) is 59.9 Å². The highest BCUT2D eigenvalue weighted by Crippen LogP contribution is 2.58. The number of urea groups is 1. The summed E-state index contributed by atoms with van der Waals surface area (Å²) >= 11 is 0. The van der Waals surface area contributed by atoms with Crippen molar-refractivity contribution in [1.29, 1.82) is 0 Å². The molecule has 3 N–H and O–H groups in total. The van der Waals surface area contributed by atoms with E-state index in [0.717, 1.165) is 16.9 Å². The molecule has 172 valence electrons. The van der Waals surface area contributed by atoms with Gasteiger partial charge in [0.15, 0.2) is 0 Å². The van der Waals surface area contributed by atoms with Gasteiger partial charge in [0, 0.05) is 48.1 Å². The van der Waals surface area contributed by atoms with Crippen LogP contribution in [0, 0.1) is 0 Å². The van der Waals surface area contributed by atoms with Gasteiger partial charge in [-0.1, -0.05) is 0 Å². The number of hydrogen-bond acceptors (Lipinski definition) is 7. The number of aromatic nitrogens is 2. The van der Waals surface area contributed by atoms with Crippen LogP contribution in [0.25, 0.3) is 0 Å². The van der Waals surface area contributed by atoms with E-state index in [1.165, 1.54) is 7.11 Å². The van der Waals surface area contributed by atoms with Crippen molar-refractivity contribution in [3.8, 4) is 23.1 Å². The third-order valence-corrected chi connectivity index (χ3v) is 6.24. The minimum absolute atomic E-state index is 0.0527. The van der Waals surface area contributed by atoms with E-state index >= 15 is 0 Å². The summed E-state index contributed by atoms with van der Waals surface area (Å²) in [5.74, 6) is 2.86. The second-order valence-corrected chi connectivity index (χ2v) is 8.39. The minimum Gasteiger partial charge on any atom is -0.487 e. The van der Waals surface area contributed by atoms with Crippen LogP contribution in [-0.4, -0.2) is 35.1 Å². The number of nitrogens with one attached hydrogen (secondary N) is 3. The smallest absolute Gasteiger partial charge is 0.320 e. The normalized spacial score (nSPS) is 21.2. The summed E-state index contributed by atoms with van der Waals surface area (Å²) in [5, 5.41) is 8.67. The molecule has 2 aromatic heterocycles. The molecule has 0 radical (unpaired) electrons. The lowest BCUT2D eigenvalue weighted by Gasteiger charge is -2.20. The summed E-state index contributed by atoms with van der Waals surface area (Å²) in [7, 11) is 1.52. The highest BCUT2D eigenvalue weighted by atomic mass is 16.5. The summed E-state index contributed by atoms with van der Waals surface area (Å²) in [4.78, 5) is 32.7. The fraction of sp³-hybridized carbons (Fsp3) is 0.250. The van der Waals surface area contributed by atoms with Gasteiger partial charge in [0.05, 0.1) is 7.11 Å². The number of amides is 3. The number of carbonyl (C=O) groups is 2. The predicted octanol–water partition coefficient (Wildman–Crippen LogP) is 3.34. The quantitative estimate of drug-likeness (QED) is 0.535. The van der Waals surface area contributed by atoms with Crippen LogP contribution in [0.1, 0.15) is 24.0 Å². The lowest BCUT2D eigenvalue weighted by molar-refractivity contribution is -0.116. The summed E-state index contributed by atoms with van der Waals surface area (Å²) < 4.78 is 17.3. The van der Waals surface area contributed by atoms with Crippen LogP contribution in [0.4, 0.5) is 16.3 Å². The summed E-state index contributed by atoms with van der Waals surface area (Å²) in [5.41, 5.74) is 1.70. The van der Waals surface area contributed by atoms with E-state index in [4.69, 9.17) is 14.2 Å². The number of hydrogen-bond donors (Lipinski definition) is 3. The van der Waals surface area contributed by atoms with Crippen LogP contribution in [-0.2, 0) is 16.8 Å². The molecule has 2 atom stereocenters. The van der Waals surface area contributed by atoms with Gasteiger partial charge in [0.25, 0.3) is 0 Å². The van der Waals surface area contributed by atoms with Crippen LogP contribution in [0.15, 0.2) is 48.8 Å². The summed E-state index contributed by atoms with van der Waals surface area (Å²) in [6.45, 7) is 0. The zero-order chi connectivity index (χ0) is 23.3. The maximum atomic E-state index is 12.8. The molecule has 10 heteroatoms. The molecule has 3 aromatic rings. The number of anilines is 2. The Hall–Kier alpha value is -4.34. The number of pyridine rings is 2. The molecule has 0 unspecified atom stereocenters. The second kappa shape index (κ2) is 7.62. The fourth-order valence-electron chi connectivity index (χ4n) is 4.48. The molecule has 6 rings (SSSR count). The highest BCUT2D eigenvalue weighted by molar-refractivity contribution is 5.93. The van der Waals surface area contributed by atoms with E-state index in [0.29, 0.717) is 48.1 Å². The van der Waals surface area contributed by atoms with Gasteiger partial charge < -0.3 is 30.2 Å². The maximum absolute atomic E-state index is 12.8. The molecule has 0 saturated heterocycles. The summed E-state index contributed by atoms with van der Waals surface area (Å²) in [6, 6.07) is 10.3. The first-order chi connectivity index (χ1) is 16.5. The van der Waals surface area contributed by atoms with Gasteiger partial charge in [0.2, 0.25) is 11.8 Å². The van der Waals surface area contributed by atoms with Crippen molar-refractivity contribution in [3.63, 3.8) is 0 Å². The lowest BCUT2D eigenvalue weighted by atomic mass is 10.0. The van der Waals surface area contributed by atoms with Crippen LogP contribution in [0.2, 0.25) is 0 Å². The van der Waals surface area contributed by atoms with Crippen molar-refractivity contribution in [2.24, 2.45) is 0 Å². The molecular formula is C24H21N5O5. The minimum atomic E-state index is -0.610. The standard InChI is InChI=1S/C24H21N5O5/c1-32-21-10-13(6-8-25-21)27-23(31)29-24-12-19(24)34-18-4-2-14(11-16(18)24)33-17-7-9-26-22-15(17)3-5-20(30)28-22/h2,4,6-11,19H,3,5,12H2,1H3,(H,26,28,30)(H2,25,27,29,31)/t19-,24+/m0/s1. The van der Waals surface area contributed by atoms with Crippen LogP contribution in [0.3, 0.4) is 0 Å². The Morgan fingerprint density at radius 2 is 2.06 bits per heavy atom. The van der Waals surface area contributed by atoms with Crippen LogP contribution in [0.5, 0.6) is 23.1 Å². The molecule has 4 heterocycles. The number of rotatable bonds is 5. The molecule has 3 aliphatic rings. The zero-order valence-electron chi connectivity index (χ0n) is 18.3. The molecule has 34 heavy (non-hydrogen) atoms. The van der Waals surface area contributed by atoms with Gasteiger partial charge in [-0.05, 0) is 36.8 Å². The molecule has 1 aromatic carbocycles. The van der Waals surface area contributed by atoms with Gasteiger partial charge in [-0.25, -0.2) is 14.8 Å². The summed E-state index contributed by atoms with van der Waals surface area (Å²) in [6.07, 6.45) is 4.67. The first-order valence-electron chi connectivity index (χ1n) is 10.9. The average molecular weight is 459 g/mol. The topological polar surface area (TPSA) is 124 Å². The SMILES string of the molecule is COc1cc(NC(=O)N[C@@]23C[C@@H]2Oc2ccc(Oc4ccnc5c4CCC(=O)N5)cc23)ccn1. The zero-order valence-corrected chi connectivity index (χ0v) is 18.3. The van der Waals surface area contributed by atoms with E-state index in [2.05, 4.69) is 25.9 Å². The van der Waals surface area contributed by atoms with E-state index in [-0.39, 0.29) is 18.0 Å². The van der Waals surface area contributed by atoms with E-state index in [1.807, 2.05) is 18.2 Å². The third kappa shape index (κ3) is 3.43. The van der Waals surface area contributed by atoms with Crippen molar-refractivity contribution in [2.75, 3.05) is 17.7 Å². The molecule has 0 bridgehead atoms. The molecular weight excluding hydrogens is 438 g/mol. The second-order valence-electron chi connectivity index (χ2n) is 8.39. The van der Waals surface area contributed by atoms with Crippen molar-refractivity contribution in [1.82, 2.24) is 15.3 Å². The van der Waals surface area contributed by atoms with Gasteiger partial charge in [-0.15, -0.1) is 0 Å². The van der Waals surface area contributed by atoms with Crippen LogP contribution >= 0.6 is 0 Å². The average Bonchev–Trinajstić information content (AvgIpc) is 3.43. The Balaban J connectivity index is 1.22. The fourth-order valence-corrected chi connectivity index (χ4v) is 4.48. The molecule has 1 aliphatic carbocycles. The largest absolute Gasteiger partial charge is 0.487 e. The van der Waals surface area contributed by atoms with E-state index < -0.39 is 5.54 Å². The van der Waals surface area contributed by atoms with Gasteiger partial charge in [-0.3, -0.25) is 4.79 Å². The molecule has 2 aliphatic heterocycles. The van der Waals surface area contributed by atoms with Gasteiger partial charge in [-0.2, -0.15) is 0 Å². The third-order valence-electron chi connectivity index (χ3n) is 6.24. The number of benzene rings is 1. The maximum Gasteiger partial charge on any atom is 0.320 e. The monoisotopic (exact) mass is 459 g/mol. The Labute approximate surface area is 194 Å². The van der Waals surface area contributed by atoms with E-state index in [1.54, 1.807) is 30.6 Å². The van der Waals surface area contributed by atoms with Crippen molar-refractivity contribution in [2.45, 2.75) is 30.9 Å². The Bertz CT molecular complexity index is 1330. The first kappa shape index (κ1) is 20.3. The van der Waals surface area contributed by atoms with Crippen molar-refractivity contribution < 1.29 is 23.8 Å². The number of carbonyl (C=O) groups excluding carboxylic acids is 2. The van der Waals surface area contributed by atoms with Crippen molar-refractivity contribution >= 4 is 23.4 Å². The number of nitrogens with zero attached hydrogens (tertiary/aromatic N) is 2. The Morgan fingerprint density at radius 3 is 2.94 bits per heavy atom. The first-order valence-corrected chi connectivity index (χ1v) is 10.9.